The number of hydrogen-bond donors (Lipinski definition) is 1. The number of aromatic nitrogens is 1. The molecule has 2 saturated heterocycles. The first-order chi connectivity index (χ1) is 12.9. The van der Waals surface area contributed by atoms with E-state index in [0.717, 1.165) is 42.6 Å². The van der Waals surface area contributed by atoms with Gasteiger partial charge in [-0.15, -0.1) is 35.3 Å². The van der Waals surface area contributed by atoms with Crippen molar-refractivity contribution < 1.29 is 9.53 Å². The van der Waals surface area contributed by atoms with Crippen molar-refractivity contribution in [3.05, 3.63) is 16.1 Å². The molecule has 2 fully saturated rings. The quantitative estimate of drug-likeness (QED) is 0.376. The van der Waals surface area contributed by atoms with Gasteiger partial charge < -0.3 is 19.9 Å². The molecule has 0 spiro atoms. The van der Waals surface area contributed by atoms with E-state index in [2.05, 4.69) is 41.4 Å². The number of carbonyl (C=O) groups excluding carboxylic acids is 1. The minimum atomic E-state index is -0.226. The summed E-state index contributed by atoms with van der Waals surface area (Å²) in [7, 11) is 1.80. The minimum Gasteiger partial charge on any atom is -0.368 e. The number of amides is 1. The van der Waals surface area contributed by atoms with Crippen LogP contribution in [-0.4, -0.2) is 72.6 Å². The molecule has 0 aliphatic carbocycles. The second-order valence-electron chi connectivity index (χ2n) is 8.09. The molecule has 1 aromatic rings. The summed E-state index contributed by atoms with van der Waals surface area (Å²) in [6.07, 6.45) is 1.61. The number of halogens is 1. The third-order valence-electron chi connectivity index (χ3n) is 5.03. The summed E-state index contributed by atoms with van der Waals surface area (Å²) in [6, 6.07) is 0. The lowest BCUT2D eigenvalue weighted by molar-refractivity contribution is -0.142. The van der Waals surface area contributed by atoms with E-state index >= 15 is 0 Å². The summed E-state index contributed by atoms with van der Waals surface area (Å²) in [5.74, 6) is 1.01. The van der Waals surface area contributed by atoms with Gasteiger partial charge >= 0.3 is 0 Å². The lowest BCUT2D eigenvalue weighted by Gasteiger charge is -2.37. The number of carbonyl (C=O) groups is 1. The largest absolute Gasteiger partial charge is 0.368 e. The highest BCUT2D eigenvalue weighted by atomic mass is 127. The third kappa shape index (κ3) is 5.79. The Bertz CT molecular complexity index is 674. The second-order valence-corrected chi connectivity index (χ2v) is 9.03. The summed E-state index contributed by atoms with van der Waals surface area (Å²) in [5, 5.41) is 6.61. The van der Waals surface area contributed by atoms with Crippen LogP contribution in [0.5, 0.6) is 0 Å². The van der Waals surface area contributed by atoms with Gasteiger partial charge in [0.05, 0.1) is 12.2 Å². The van der Waals surface area contributed by atoms with Gasteiger partial charge in [-0.1, -0.05) is 20.8 Å². The number of aliphatic imine (C=N–C) groups is 1. The normalized spacial score (nSPS) is 20.9. The molecule has 1 aromatic heterocycles. The maximum Gasteiger partial charge on any atom is 0.251 e. The predicted molar refractivity (Wildman–Crippen MR) is 124 cm³/mol. The monoisotopic (exact) mass is 521 g/mol. The van der Waals surface area contributed by atoms with Crippen LogP contribution in [0.4, 0.5) is 0 Å². The van der Waals surface area contributed by atoms with Gasteiger partial charge in [-0.3, -0.25) is 9.79 Å². The fourth-order valence-electron chi connectivity index (χ4n) is 3.34. The topological polar surface area (TPSA) is 70.1 Å². The van der Waals surface area contributed by atoms with Gasteiger partial charge in [0.2, 0.25) is 0 Å². The number of ether oxygens (including phenoxy) is 1. The highest BCUT2D eigenvalue weighted by molar-refractivity contribution is 14.0. The average Bonchev–Trinajstić information content (AvgIpc) is 3.34. The Kier molecular flexibility index (Phi) is 8.50. The van der Waals surface area contributed by atoms with E-state index in [4.69, 9.17) is 9.72 Å². The van der Waals surface area contributed by atoms with Crippen molar-refractivity contribution in [2.75, 3.05) is 39.8 Å². The maximum atomic E-state index is 12.5. The molecule has 7 nitrogen and oxygen atoms in total. The fourth-order valence-corrected chi connectivity index (χ4v) is 4.30. The molecule has 1 atom stereocenters. The number of guanidine groups is 1. The zero-order chi connectivity index (χ0) is 19.4. The average molecular weight is 521 g/mol. The lowest BCUT2D eigenvalue weighted by atomic mass is 9.93. The van der Waals surface area contributed by atoms with E-state index in [9.17, 15) is 4.79 Å². The molecule has 0 saturated carbocycles. The van der Waals surface area contributed by atoms with E-state index in [0.29, 0.717) is 26.2 Å². The molecule has 2 aliphatic rings. The maximum absolute atomic E-state index is 12.5. The van der Waals surface area contributed by atoms with E-state index in [-0.39, 0.29) is 41.4 Å². The van der Waals surface area contributed by atoms with E-state index in [1.54, 1.807) is 18.4 Å². The van der Waals surface area contributed by atoms with Crippen LogP contribution in [0, 0.1) is 0 Å². The fraction of sp³-hybridized carbons (Fsp3) is 0.737. The number of nitrogens with zero attached hydrogens (tertiary/aromatic N) is 4. The Morgan fingerprint density at radius 3 is 2.54 bits per heavy atom. The molecule has 0 radical (unpaired) electrons. The summed E-state index contributed by atoms with van der Waals surface area (Å²) in [4.78, 5) is 25.7. The van der Waals surface area contributed by atoms with Crippen LogP contribution in [0.15, 0.2) is 10.4 Å². The third-order valence-corrected chi connectivity index (χ3v) is 5.87. The molecular formula is C19H32IN5O2S. The molecule has 9 heteroatoms. The zero-order valence-corrected chi connectivity index (χ0v) is 20.4. The van der Waals surface area contributed by atoms with Gasteiger partial charge in [0.15, 0.2) is 5.96 Å². The molecule has 1 N–H and O–H groups in total. The van der Waals surface area contributed by atoms with Crippen LogP contribution >= 0.6 is 35.3 Å². The summed E-state index contributed by atoms with van der Waals surface area (Å²) >= 11 is 1.68. The van der Waals surface area contributed by atoms with Gasteiger partial charge in [-0.25, -0.2) is 4.98 Å². The molecule has 28 heavy (non-hydrogen) atoms. The molecular weight excluding hydrogens is 489 g/mol. The molecule has 1 amide bonds. The number of nitrogens with one attached hydrogen (secondary N) is 1. The van der Waals surface area contributed by atoms with Crippen LogP contribution in [0.3, 0.4) is 0 Å². The molecule has 158 valence electrons. The summed E-state index contributed by atoms with van der Waals surface area (Å²) in [5.41, 5.74) is 1.20. The van der Waals surface area contributed by atoms with Crippen molar-refractivity contribution in [2.45, 2.75) is 51.7 Å². The zero-order valence-electron chi connectivity index (χ0n) is 17.2. The number of thiazole rings is 1. The van der Waals surface area contributed by atoms with Crippen LogP contribution in [0.25, 0.3) is 0 Å². The predicted octanol–water partition coefficient (Wildman–Crippen LogP) is 2.46. The number of hydrogen-bond acceptors (Lipinski definition) is 5. The molecule has 0 aromatic carbocycles. The van der Waals surface area contributed by atoms with Crippen LogP contribution in [-0.2, 0) is 21.5 Å². The molecule has 0 bridgehead atoms. The smallest absolute Gasteiger partial charge is 0.251 e. The van der Waals surface area contributed by atoms with Gasteiger partial charge in [-0.2, -0.15) is 0 Å². The lowest BCUT2D eigenvalue weighted by Crippen LogP contribution is -2.55. The Balaban J connectivity index is 0.00000280. The van der Waals surface area contributed by atoms with Crippen molar-refractivity contribution in [1.29, 1.82) is 0 Å². The van der Waals surface area contributed by atoms with Crippen molar-refractivity contribution in [2.24, 2.45) is 4.99 Å². The highest BCUT2D eigenvalue weighted by Gasteiger charge is 2.31. The van der Waals surface area contributed by atoms with Gasteiger partial charge in [-0.05, 0) is 12.8 Å². The second kappa shape index (κ2) is 10.2. The first-order valence-electron chi connectivity index (χ1n) is 9.69. The van der Waals surface area contributed by atoms with Crippen molar-refractivity contribution >= 4 is 47.2 Å². The van der Waals surface area contributed by atoms with Crippen molar-refractivity contribution in [3.8, 4) is 0 Å². The Morgan fingerprint density at radius 2 is 2.00 bits per heavy atom. The standard InChI is InChI=1S/C19H31N5O2S.HI/c1-19(2,3)15-13-27-16(22-15)12-21-18(20-4)24-9-7-23(8-10-24)17(25)14-6-5-11-26-14;/h13-14H,5-12H2,1-4H3,(H,20,21);1H. The molecule has 1 unspecified atom stereocenters. The van der Waals surface area contributed by atoms with Gasteiger partial charge in [0.25, 0.3) is 5.91 Å². The van der Waals surface area contributed by atoms with Crippen molar-refractivity contribution in [3.63, 3.8) is 0 Å². The highest BCUT2D eigenvalue weighted by Crippen LogP contribution is 2.23. The Morgan fingerprint density at radius 1 is 1.32 bits per heavy atom. The number of piperazine rings is 1. The van der Waals surface area contributed by atoms with Gasteiger partial charge in [0.1, 0.15) is 11.1 Å². The first-order valence-corrected chi connectivity index (χ1v) is 10.6. The van der Waals surface area contributed by atoms with E-state index in [1.165, 1.54) is 0 Å². The van der Waals surface area contributed by atoms with Crippen LogP contribution in [0.1, 0.15) is 44.3 Å². The molecule has 2 aliphatic heterocycles. The van der Waals surface area contributed by atoms with Crippen LogP contribution in [0.2, 0.25) is 0 Å². The number of rotatable bonds is 3. The van der Waals surface area contributed by atoms with Crippen molar-refractivity contribution in [1.82, 2.24) is 20.1 Å². The van der Waals surface area contributed by atoms with E-state index < -0.39 is 0 Å². The van der Waals surface area contributed by atoms with Gasteiger partial charge in [0, 0.05) is 50.6 Å². The summed E-state index contributed by atoms with van der Waals surface area (Å²) < 4.78 is 5.53. The minimum absolute atomic E-state index is 0. The Labute approximate surface area is 189 Å². The first kappa shape index (κ1) is 23.3. The summed E-state index contributed by atoms with van der Waals surface area (Å²) in [6.45, 7) is 10.9. The van der Waals surface area contributed by atoms with E-state index in [1.807, 2.05) is 4.90 Å². The Hall–Kier alpha value is -0.940. The molecule has 3 heterocycles. The SMILES string of the molecule is CN=C(NCc1nc(C(C)(C)C)cs1)N1CCN(C(=O)C2CCCO2)CC1.I. The van der Waals surface area contributed by atoms with Crippen LogP contribution < -0.4 is 5.32 Å². The molecule has 3 rings (SSSR count).